The maximum atomic E-state index is 9.12. The average Bonchev–Trinajstić information content (AvgIpc) is 2.53. The van der Waals surface area contributed by atoms with Gasteiger partial charge in [-0.15, -0.1) is 11.8 Å². The summed E-state index contributed by atoms with van der Waals surface area (Å²) in [7, 11) is 0. The molecule has 1 aromatic carbocycles. The number of rotatable bonds is 8. The minimum absolute atomic E-state index is 0.180. The van der Waals surface area contributed by atoms with Gasteiger partial charge in [-0.1, -0.05) is 31.5 Å². The first kappa shape index (κ1) is 17.7. The molecular formula is C16H27N3OS. The molecule has 1 unspecified atom stereocenters. The van der Waals surface area contributed by atoms with E-state index in [1.54, 1.807) is 11.8 Å². The molecule has 1 rings (SSSR count). The van der Waals surface area contributed by atoms with Crippen LogP contribution in [-0.2, 0) is 0 Å². The highest BCUT2D eigenvalue weighted by Crippen LogP contribution is 2.31. The summed E-state index contributed by atoms with van der Waals surface area (Å²) in [5.41, 5.74) is 7.83. The highest BCUT2D eigenvalue weighted by atomic mass is 32.2. The average molecular weight is 309 g/mol. The summed E-state index contributed by atoms with van der Waals surface area (Å²) in [6, 6.07) is 6.53. The zero-order chi connectivity index (χ0) is 15.8. The van der Waals surface area contributed by atoms with E-state index < -0.39 is 0 Å². The molecule has 0 aliphatic carbocycles. The Labute approximate surface area is 132 Å². The van der Waals surface area contributed by atoms with Crippen molar-refractivity contribution in [3.05, 3.63) is 23.8 Å². The van der Waals surface area contributed by atoms with Gasteiger partial charge in [0.2, 0.25) is 0 Å². The summed E-state index contributed by atoms with van der Waals surface area (Å²) in [6.45, 7) is 7.58. The molecule has 0 saturated carbocycles. The predicted octanol–water partition coefficient (Wildman–Crippen LogP) is 3.91. The van der Waals surface area contributed by atoms with Gasteiger partial charge in [-0.3, -0.25) is 0 Å². The molecular weight excluding hydrogens is 282 g/mol. The third-order valence-corrected chi connectivity index (χ3v) is 4.55. The molecule has 3 N–H and O–H groups in total. The number of nitrogens with two attached hydrogens (primary N) is 1. The van der Waals surface area contributed by atoms with Crippen molar-refractivity contribution >= 4 is 23.3 Å². The van der Waals surface area contributed by atoms with Crippen LogP contribution in [0.1, 0.15) is 45.6 Å². The molecule has 0 radical (unpaired) electrons. The van der Waals surface area contributed by atoms with Crippen molar-refractivity contribution in [2.45, 2.75) is 51.0 Å². The van der Waals surface area contributed by atoms with E-state index in [0.29, 0.717) is 6.04 Å². The van der Waals surface area contributed by atoms with Crippen LogP contribution in [0.15, 0.2) is 28.3 Å². The highest BCUT2D eigenvalue weighted by Gasteiger charge is 2.20. The molecule has 0 saturated heterocycles. The number of hydrogen-bond donors (Lipinski definition) is 2. The summed E-state index contributed by atoms with van der Waals surface area (Å²) in [4.78, 5) is 3.41. The Hall–Kier alpha value is -1.36. The summed E-state index contributed by atoms with van der Waals surface area (Å²) in [5, 5.41) is 12.4. The first-order valence-corrected chi connectivity index (χ1v) is 8.74. The van der Waals surface area contributed by atoms with E-state index >= 15 is 0 Å². The topological polar surface area (TPSA) is 61.8 Å². The van der Waals surface area contributed by atoms with Crippen LogP contribution in [0, 0.1) is 0 Å². The van der Waals surface area contributed by atoms with Gasteiger partial charge >= 0.3 is 0 Å². The van der Waals surface area contributed by atoms with E-state index in [-0.39, 0.29) is 5.84 Å². The van der Waals surface area contributed by atoms with Gasteiger partial charge in [-0.05, 0) is 38.2 Å². The van der Waals surface area contributed by atoms with E-state index in [4.69, 9.17) is 10.9 Å². The van der Waals surface area contributed by atoms with Crippen LogP contribution < -0.4 is 10.6 Å². The Balaban J connectivity index is 3.35. The Morgan fingerprint density at radius 1 is 1.43 bits per heavy atom. The van der Waals surface area contributed by atoms with Crippen molar-refractivity contribution in [2.24, 2.45) is 10.9 Å². The maximum absolute atomic E-state index is 9.12. The van der Waals surface area contributed by atoms with Crippen LogP contribution >= 0.6 is 11.8 Å². The lowest BCUT2D eigenvalue weighted by Gasteiger charge is -2.33. The van der Waals surface area contributed by atoms with Crippen LogP contribution in [0.4, 0.5) is 5.69 Å². The van der Waals surface area contributed by atoms with Crippen molar-refractivity contribution in [2.75, 3.05) is 17.7 Å². The SMILES string of the molecule is CCCCN(c1cccc(SC)c1/C(N)=N/O)C(C)CC. The number of nitrogens with zero attached hydrogens (tertiary/aromatic N) is 2. The molecule has 1 atom stereocenters. The van der Waals surface area contributed by atoms with Crippen LogP contribution in [0.3, 0.4) is 0 Å². The second kappa shape index (κ2) is 8.82. The third-order valence-electron chi connectivity index (χ3n) is 3.77. The van der Waals surface area contributed by atoms with E-state index in [0.717, 1.165) is 42.0 Å². The van der Waals surface area contributed by atoms with Gasteiger partial charge in [0.25, 0.3) is 0 Å². The highest BCUT2D eigenvalue weighted by molar-refractivity contribution is 7.98. The summed E-state index contributed by atoms with van der Waals surface area (Å²) < 4.78 is 0. The molecule has 0 aliphatic rings. The van der Waals surface area contributed by atoms with Crippen molar-refractivity contribution in [3.63, 3.8) is 0 Å². The molecule has 0 bridgehead atoms. The summed E-state index contributed by atoms with van der Waals surface area (Å²) in [5.74, 6) is 0.180. The number of benzene rings is 1. The molecule has 1 aromatic rings. The molecule has 118 valence electrons. The normalized spacial score (nSPS) is 13.2. The Kier molecular flexibility index (Phi) is 7.43. The lowest BCUT2D eigenvalue weighted by atomic mass is 10.1. The number of unbranched alkanes of at least 4 members (excludes halogenated alkanes) is 1. The smallest absolute Gasteiger partial charge is 0.173 e. The van der Waals surface area contributed by atoms with Gasteiger partial charge in [0.1, 0.15) is 0 Å². The van der Waals surface area contributed by atoms with Crippen molar-refractivity contribution in [1.82, 2.24) is 0 Å². The quantitative estimate of drug-likeness (QED) is 0.251. The fourth-order valence-corrected chi connectivity index (χ4v) is 2.99. The van der Waals surface area contributed by atoms with Gasteiger partial charge in [-0.25, -0.2) is 0 Å². The molecule has 0 aliphatic heterocycles. The molecule has 0 spiro atoms. The molecule has 4 nitrogen and oxygen atoms in total. The summed E-state index contributed by atoms with van der Waals surface area (Å²) >= 11 is 1.62. The molecule has 0 heterocycles. The Morgan fingerprint density at radius 3 is 2.67 bits per heavy atom. The first-order valence-electron chi connectivity index (χ1n) is 7.52. The van der Waals surface area contributed by atoms with Crippen molar-refractivity contribution < 1.29 is 5.21 Å². The molecule has 0 amide bonds. The van der Waals surface area contributed by atoms with E-state index in [1.165, 1.54) is 0 Å². The molecule has 0 fully saturated rings. The minimum atomic E-state index is 0.180. The van der Waals surface area contributed by atoms with Crippen molar-refractivity contribution in [1.29, 1.82) is 0 Å². The third kappa shape index (κ3) is 4.30. The standard InChI is InChI=1S/C16H27N3OS/c1-5-7-11-19(12(3)6-2)13-9-8-10-14(21-4)15(13)16(17)18-20/h8-10,12,20H,5-7,11H2,1-4H3,(H2,17,18). The van der Waals surface area contributed by atoms with E-state index in [9.17, 15) is 0 Å². The fraction of sp³-hybridized carbons (Fsp3) is 0.562. The first-order chi connectivity index (χ1) is 10.1. The molecule has 0 aromatic heterocycles. The van der Waals surface area contributed by atoms with Gasteiger partial charge in [0.15, 0.2) is 5.84 Å². The minimum Gasteiger partial charge on any atom is -0.409 e. The van der Waals surface area contributed by atoms with Gasteiger partial charge in [-0.2, -0.15) is 0 Å². The molecule has 5 heteroatoms. The van der Waals surface area contributed by atoms with E-state index in [2.05, 4.69) is 36.9 Å². The monoisotopic (exact) mass is 309 g/mol. The predicted molar refractivity (Wildman–Crippen MR) is 92.7 cm³/mol. The van der Waals surface area contributed by atoms with Gasteiger partial charge in [0, 0.05) is 23.2 Å². The van der Waals surface area contributed by atoms with Crippen LogP contribution in [-0.4, -0.2) is 29.9 Å². The zero-order valence-electron chi connectivity index (χ0n) is 13.5. The number of anilines is 1. The van der Waals surface area contributed by atoms with Crippen LogP contribution in [0.25, 0.3) is 0 Å². The largest absolute Gasteiger partial charge is 0.409 e. The lowest BCUT2D eigenvalue weighted by Crippen LogP contribution is -2.35. The maximum Gasteiger partial charge on any atom is 0.173 e. The van der Waals surface area contributed by atoms with Gasteiger partial charge < -0.3 is 15.8 Å². The second-order valence-electron chi connectivity index (χ2n) is 5.14. The fourth-order valence-electron chi connectivity index (χ4n) is 2.36. The molecule has 21 heavy (non-hydrogen) atoms. The number of oxime groups is 1. The Bertz CT molecular complexity index is 477. The van der Waals surface area contributed by atoms with Crippen molar-refractivity contribution in [3.8, 4) is 0 Å². The van der Waals surface area contributed by atoms with Crippen LogP contribution in [0.2, 0.25) is 0 Å². The number of hydrogen-bond acceptors (Lipinski definition) is 4. The number of thioether (sulfide) groups is 1. The zero-order valence-corrected chi connectivity index (χ0v) is 14.3. The number of amidine groups is 1. The van der Waals surface area contributed by atoms with E-state index in [1.807, 2.05) is 18.4 Å². The lowest BCUT2D eigenvalue weighted by molar-refractivity contribution is 0.318. The Morgan fingerprint density at radius 2 is 2.14 bits per heavy atom. The van der Waals surface area contributed by atoms with Gasteiger partial charge in [0.05, 0.1) is 5.56 Å². The second-order valence-corrected chi connectivity index (χ2v) is 5.99. The van der Waals surface area contributed by atoms with Crippen LogP contribution in [0.5, 0.6) is 0 Å². The summed E-state index contributed by atoms with van der Waals surface area (Å²) in [6.07, 6.45) is 5.34.